The second-order valence-corrected chi connectivity index (χ2v) is 5.52. The fraction of sp³-hybridized carbons (Fsp3) is 0.364. The first kappa shape index (κ1) is 16.4. The van der Waals surface area contributed by atoms with Crippen LogP contribution in [-0.2, 0) is 10.0 Å². The fourth-order valence-electron chi connectivity index (χ4n) is 1.47. The molecule has 0 aliphatic rings. The summed E-state index contributed by atoms with van der Waals surface area (Å²) >= 11 is 0. The third-order valence-corrected chi connectivity index (χ3v) is 3.85. The van der Waals surface area contributed by atoms with E-state index >= 15 is 0 Å². The molecule has 1 aromatic rings. The van der Waals surface area contributed by atoms with Gasteiger partial charge < -0.3 is 20.6 Å². The highest BCUT2D eigenvalue weighted by molar-refractivity contribution is 7.89. The molecule has 1 aromatic carbocycles. The summed E-state index contributed by atoms with van der Waals surface area (Å²) in [5.74, 6) is -1.25. The standard InChI is InChI=1S/C11H16N2O6S/c14-5-3-12-9-2-1-8(11(16)17)7-10(9)20(18,19)13-4-6-15/h1-2,7,12-15H,3-6H2,(H,16,17). The van der Waals surface area contributed by atoms with Gasteiger partial charge in [-0.05, 0) is 18.2 Å². The Morgan fingerprint density at radius 1 is 1.15 bits per heavy atom. The van der Waals surface area contributed by atoms with Crippen LogP contribution in [-0.4, -0.2) is 56.0 Å². The molecule has 0 aliphatic heterocycles. The molecule has 0 aliphatic carbocycles. The second-order valence-electron chi connectivity index (χ2n) is 3.79. The van der Waals surface area contributed by atoms with E-state index in [2.05, 4.69) is 10.0 Å². The minimum atomic E-state index is -3.96. The highest BCUT2D eigenvalue weighted by Crippen LogP contribution is 2.22. The molecular formula is C11H16N2O6S. The van der Waals surface area contributed by atoms with E-state index in [1.165, 1.54) is 12.1 Å². The minimum absolute atomic E-state index is 0.120. The van der Waals surface area contributed by atoms with Gasteiger partial charge in [0.1, 0.15) is 4.90 Å². The lowest BCUT2D eigenvalue weighted by molar-refractivity contribution is 0.0696. The summed E-state index contributed by atoms with van der Waals surface area (Å²) in [4.78, 5) is 10.7. The number of rotatable bonds is 8. The van der Waals surface area contributed by atoms with Gasteiger partial charge in [-0.25, -0.2) is 17.9 Å². The number of aliphatic hydroxyl groups excluding tert-OH is 2. The summed E-state index contributed by atoms with van der Waals surface area (Å²) in [6.07, 6.45) is 0. The van der Waals surface area contributed by atoms with Crippen LogP contribution in [0.25, 0.3) is 0 Å². The maximum Gasteiger partial charge on any atom is 0.335 e. The number of aromatic carboxylic acids is 1. The molecule has 0 amide bonds. The zero-order chi connectivity index (χ0) is 15.2. The van der Waals surface area contributed by atoms with Gasteiger partial charge in [-0.2, -0.15) is 0 Å². The molecule has 112 valence electrons. The van der Waals surface area contributed by atoms with Crippen LogP contribution in [0.15, 0.2) is 23.1 Å². The van der Waals surface area contributed by atoms with E-state index in [-0.39, 0.29) is 42.4 Å². The average Bonchev–Trinajstić information content (AvgIpc) is 2.42. The van der Waals surface area contributed by atoms with E-state index in [1.807, 2.05) is 0 Å². The van der Waals surface area contributed by atoms with Crippen molar-refractivity contribution in [3.63, 3.8) is 0 Å². The zero-order valence-corrected chi connectivity index (χ0v) is 11.4. The van der Waals surface area contributed by atoms with Crippen molar-refractivity contribution in [2.45, 2.75) is 4.90 Å². The third kappa shape index (κ3) is 4.17. The predicted molar refractivity (Wildman–Crippen MR) is 71.3 cm³/mol. The number of anilines is 1. The average molecular weight is 304 g/mol. The molecule has 0 saturated carbocycles. The van der Waals surface area contributed by atoms with E-state index in [1.54, 1.807) is 0 Å². The Morgan fingerprint density at radius 2 is 1.80 bits per heavy atom. The number of carboxylic acids is 1. The molecule has 20 heavy (non-hydrogen) atoms. The number of nitrogens with one attached hydrogen (secondary N) is 2. The van der Waals surface area contributed by atoms with Crippen molar-refractivity contribution in [3.05, 3.63) is 23.8 Å². The number of aliphatic hydroxyl groups is 2. The number of hydrogen-bond acceptors (Lipinski definition) is 6. The highest BCUT2D eigenvalue weighted by atomic mass is 32.2. The molecular weight excluding hydrogens is 288 g/mol. The van der Waals surface area contributed by atoms with Gasteiger partial charge in [0, 0.05) is 13.1 Å². The largest absolute Gasteiger partial charge is 0.478 e. The lowest BCUT2D eigenvalue weighted by Crippen LogP contribution is -2.28. The van der Waals surface area contributed by atoms with Crippen LogP contribution in [0.4, 0.5) is 5.69 Å². The molecule has 0 saturated heterocycles. The molecule has 9 heteroatoms. The second kappa shape index (κ2) is 7.20. The van der Waals surface area contributed by atoms with Crippen molar-refractivity contribution in [2.75, 3.05) is 31.6 Å². The van der Waals surface area contributed by atoms with Gasteiger partial charge in [-0.1, -0.05) is 0 Å². The van der Waals surface area contributed by atoms with Gasteiger partial charge in [-0.3, -0.25) is 0 Å². The third-order valence-electron chi connectivity index (χ3n) is 2.35. The SMILES string of the molecule is O=C(O)c1ccc(NCCO)c(S(=O)(=O)NCCO)c1. The van der Waals surface area contributed by atoms with E-state index in [4.69, 9.17) is 15.3 Å². The number of carboxylic acid groups (broad SMARTS) is 1. The van der Waals surface area contributed by atoms with Gasteiger partial charge >= 0.3 is 5.97 Å². The van der Waals surface area contributed by atoms with Gasteiger partial charge in [0.25, 0.3) is 0 Å². The zero-order valence-electron chi connectivity index (χ0n) is 10.5. The first-order valence-electron chi connectivity index (χ1n) is 5.75. The molecule has 8 nitrogen and oxygen atoms in total. The Morgan fingerprint density at radius 3 is 2.35 bits per heavy atom. The maximum absolute atomic E-state index is 12.0. The first-order chi connectivity index (χ1) is 9.42. The molecule has 0 fully saturated rings. The Hall–Kier alpha value is -1.68. The van der Waals surface area contributed by atoms with Crippen LogP contribution in [0.1, 0.15) is 10.4 Å². The normalized spacial score (nSPS) is 11.3. The van der Waals surface area contributed by atoms with Crippen LogP contribution in [0.2, 0.25) is 0 Å². The maximum atomic E-state index is 12.0. The van der Waals surface area contributed by atoms with E-state index < -0.39 is 16.0 Å². The summed E-state index contributed by atoms with van der Waals surface area (Å²) < 4.78 is 26.2. The van der Waals surface area contributed by atoms with Crippen molar-refractivity contribution >= 4 is 21.7 Å². The molecule has 0 radical (unpaired) electrons. The molecule has 0 atom stereocenters. The van der Waals surface area contributed by atoms with Crippen molar-refractivity contribution in [1.82, 2.24) is 4.72 Å². The number of benzene rings is 1. The van der Waals surface area contributed by atoms with Crippen molar-refractivity contribution in [1.29, 1.82) is 0 Å². The highest BCUT2D eigenvalue weighted by Gasteiger charge is 2.20. The van der Waals surface area contributed by atoms with E-state index in [0.29, 0.717) is 0 Å². The Kier molecular flexibility index (Phi) is 5.89. The topological polar surface area (TPSA) is 136 Å². The molecule has 0 bridgehead atoms. The number of hydrogen-bond donors (Lipinski definition) is 5. The fourth-order valence-corrected chi connectivity index (χ4v) is 2.70. The summed E-state index contributed by atoms with van der Waals surface area (Å²) in [5, 5.41) is 29.0. The minimum Gasteiger partial charge on any atom is -0.478 e. The number of sulfonamides is 1. The molecule has 1 rings (SSSR count). The van der Waals surface area contributed by atoms with Crippen LogP contribution < -0.4 is 10.0 Å². The van der Waals surface area contributed by atoms with E-state index in [9.17, 15) is 13.2 Å². The molecule has 0 aromatic heterocycles. The molecule has 0 unspecified atom stereocenters. The Bertz CT molecular complexity index is 572. The molecule has 0 spiro atoms. The quantitative estimate of drug-likeness (QED) is 0.418. The van der Waals surface area contributed by atoms with E-state index in [0.717, 1.165) is 6.07 Å². The monoisotopic (exact) mass is 304 g/mol. The summed E-state index contributed by atoms with van der Waals surface area (Å²) in [5.41, 5.74) is -0.00147. The van der Waals surface area contributed by atoms with Crippen LogP contribution in [0, 0.1) is 0 Å². The lowest BCUT2D eigenvalue weighted by atomic mass is 10.2. The van der Waals surface area contributed by atoms with Crippen LogP contribution in [0.5, 0.6) is 0 Å². The van der Waals surface area contributed by atoms with Gasteiger partial charge in [-0.15, -0.1) is 0 Å². The predicted octanol–water partition coefficient (Wildman–Crippen LogP) is -0.940. The summed E-state index contributed by atoms with van der Waals surface area (Å²) in [7, 11) is -3.96. The number of carbonyl (C=O) groups is 1. The van der Waals surface area contributed by atoms with Gasteiger partial charge in [0.05, 0.1) is 24.5 Å². The first-order valence-corrected chi connectivity index (χ1v) is 7.23. The van der Waals surface area contributed by atoms with Gasteiger partial charge in [0.15, 0.2) is 0 Å². The van der Waals surface area contributed by atoms with Crippen molar-refractivity contribution < 1.29 is 28.5 Å². The van der Waals surface area contributed by atoms with Gasteiger partial charge in [0.2, 0.25) is 10.0 Å². The van der Waals surface area contributed by atoms with Crippen LogP contribution in [0.3, 0.4) is 0 Å². The van der Waals surface area contributed by atoms with Crippen molar-refractivity contribution in [2.24, 2.45) is 0 Å². The molecule has 0 heterocycles. The Labute approximate surface area is 116 Å². The summed E-state index contributed by atoms with van der Waals surface area (Å²) in [6, 6.07) is 3.58. The smallest absolute Gasteiger partial charge is 0.335 e. The lowest BCUT2D eigenvalue weighted by Gasteiger charge is -2.13. The van der Waals surface area contributed by atoms with Crippen LogP contribution >= 0.6 is 0 Å². The van der Waals surface area contributed by atoms with Crippen molar-refractivity contribution in [3.8, 4) is 0 Å². The Balaban J connectivity index is 3.23. The molecule has 5 N–H and O–H groups in total. The summed E-state index contributed by atoms with van der Waals surface area (Å²) in [6.45, 7) is -0.643.